The number of aromatic nitrogens is 1. The lowest BCUT2D eigenvalue weighted by atomic mass is 10.0. The van der Waals surface area contributed by atoms with Gasteiger partial charge in [0.25, 0.3) is 0 Å². The summed E-state index contributed by atoms with van der Waals surface area (Å²) in [7, 11) is 0. The van der Waals surface area contributed by atoms with Crippen molar-refractivity contribution in [1.82, 2.24) is 9.47 Å². The van der Waals surface area contributed by atoms with Crippen molar-refractivity contribution in [3.8, 4) is 11.5 Å². The van der Waals surface area contributed by atoms with Crippen molar-refractivity contribution < 1.29 is 9.47 Å². The summed E-state index contributed by atoms with van der Waals surface area (Å²) < 4.78 is 13.3. The summed E-state index contributed by atoms with van der Waals surface area (Å²) in [6.45, 7) is 6.76. The molecule has 3 heterocycles. The van der Waals surface area contributed by atoms with Gasteiger partial charge in [0.2, 0.25) is 6.79 Å². The average molecular weight is 377 g/mol. The summed E-state index contributed by atoms with van der Waals surface area (Å²) in [5, 5.41) is 5.08. The molecule has 0 saturated carbocycles. The van der Waals surface area contributed by atoms with Crippen LogP contribution in [0, 0.1) is 0 Å². The number of hydrogen-bond donors (Lipinski definition) is 1. The van der Waals surface area contributed by atoms with Crippen LogP contribution in [0.5, 0.6) is 11.5 Å². The fourth-order valence-electron chi connectivity index (χ4n) is 4.49. The minimum atomic E-state index is 0.321. The van der Waals surface area contributed by atoms with Gasteiger partial charge in [0, 0.05) is 54.5 Å². The highest BCUT2D eigenvalue weighted by Crippen LogP contribution is 2.34. The minimum Gasteiger partial charge on any atom is -0.454 e. The Labute approximate surface area is 165 Å². The Balaban J connectivity index is 1.29. The summed E-state index contributed by atoms with van der Waals surface area (Å²) in [6, 6.07) is 15.3. The second kappa shape index (κ2) is 7.40. The van der Waals surface area contributed by atoms with Crippen LogP contribution in [0.3, 0.4) is 0 Å². The smallest absolute Gasteiger partial charge is 0.231 e. The summed E-state index contributed by atoms with van der Waals surface area (Å²) in [5.74, 6) is 1.67. The maximum atomic E-state index is 5.51. The molecule has 5 nitrogen and oxygen atoms in total. The van der Waals surface area contributed by atoms with E-state index in [1.54, 1.807) is 0 Å². The first-order valence-electron chi connectivity index (χ1n) is 10.3. The van der Waals surface area contributed by atoms with Gasteiger partial charge in [-0.1, -0.05) is 18.2 Å². The Morgan fingerprint density at radius 2 is 2.00 bits per heavy atom. The normalized spacial score (nSPS) is 19.2. The van der Waals surface area contributed by atoms with Crippen molar-refractivity contribution in [3.63, 3.8) is 0 Å². The zero-order chi connectivity index (χ0) is 18.9. The quantitative estimate of drug-likeness (QED) is 0.712. The Kier molecular flexibility index (Phi) is 4.61. The lowest BCUT2D eigenvalue weighted by Crippen LogP contribution is -2.41. The molecule has 1 saturated heterocycles. The molecule has 0 radical (unpaired) electrons. The van der Waals surface area contributed by atoms with Crippen LogP contribution >= 0.6 is 0 Å². The number of hydrogen-bond acceptors (Lipinski definition) is 4. The number of likely N-dealkylation sites (tertiary alicyclic amines) is 1. The SMILES string of the molecule is CCn1cc(CN2CCC[C@H](Nc3ccc4c(c3)OCO4)C2)c2ccccc21. The summed E-state index contributed by atoms with van der Waals surface area (Å²) in [6.07, 6.45) is 4.75. The predicted molar refractivity (Wildman–Crippen MR) is 112 cm³/mol. The fraction of sp³-hybridized carbons (Fsp3) is 0.391. The molecular weight excluding hydrogens is 350 g/mol. The molecule has 0 amide bonds. The van der Waals surface area contributed by atoms with Crippen LogP contribution in [0.1, 0.15) is 25.3 Å². The summed E-state index contributed by atoms with van der Waals surface area (Å²) >= 11 is 0. The first kappa shape index (κ1) is 17.4. The minimum absolute atomic E-state index is 0.321. The summed E-state index contributed by atoms with van der Waals surface area (Å²) in [4.78, 5) is 2.58. The van der Waals surface area contributed by atoms with E-state index in [1.165, 1.54) is 29.3 Å². The lowest BCUT2D eigenvalue weighted by Gasteiger charge is -2.33. The molecular formula is C23H27N3O2. The number of fused-ring (bicyclic) bond motifs is 2. The van der Waals surface area contributed by atoms with Gasteiger partial charge in [0.1, 0.15) is 0 Å². The highest BCUT2D eigenvalue weighted by atomic mass is 16.7. The van der Waals surface area contributed by atoms with E-state index in [0.717, 1.165) is 43.4 Å². The van der Waals surface area contributed by atoms with Crippen LogP contribution in [-0.2, 0) is 13.1 Å². The highest BCUT2D eigenvalue weighted by molar-refractivity contribution is 5.83. The van der Waals surface area contributed by atoms with Crippen LogP contribution in [0.4, 0.5) is 5.69 Å². The molecule has 146 valence electrons. The fourth-order valence-corrected chi connectivity index (χ4v) is 4.49. The van der Waals surface area contributed by atoms with E-state index >= 15 is 0 Å². The number of nitrogens with one attached hydrogen (secondary N) is 1. The lowest BCUT2D eigenvalue weighted by molar-refractivity contribution is 0.174. The van der Waals surface area contributed by atoms with Crippen molar-refractivity contribution in [1.29, 1.82) is 0 Å². The first-order chi connectivity index (χ1) is 13.8. The molecule has 3 aromatic rings. The number of para-hydroxylation sites is 1. The first-order valence-corrected chi connectivity index (χ1v) is 10.3. The van der Waals surface area contributed by atoms with Crippen molar-refractivity contribution in [2.24, 2.45) is 0 Å². The predicted octanol–water partition coefficient (Wildman–Crippen LogP) is 4.47. The van der Waals surface area contributed by atoms with Gasteiger partial charge >= 0.3 is 0 Å². The van der Waals surface area contributed by atoms with Gasteiger partial charge in [-0.15, -0.1) is 0 Å². The van der Waals surface area contributed by atoms with Crippen LogP contribution < -0.4 is 14.8 Å². The highest BCUT2D eigenvalue weighted by Gasteiger charge is 2.22. The van der Waals surface area contributed by atoms with Crippen molar-refractivity contribution >= 4 is 16.6 Å². The summed E-state index contributed by atoms with van der Waals surface area (Å²) in [5.41, 5.74) is 3.88. The third-order valence-electron chi connectivity index (χ3n) is 5.85. The number of aryl methyl sites for hydroxylation is 1. The zero-order valence-electron chi connectivity index (χ0n) is 16.4. The van der Waals surface area contributed by atoms with E-state index in [-0.39, 0.29) is 0 Å². The number of nitrogens with zero attached hydrogens (tertiary/aromatic N) is 2. The molecule has 0 aliphatic carbocycles. The molecule has 5 rings (SSSR count). The average Bonchev–Trinajstić information content (AvgIpc) is 3.33. The van der Waals surface area contributed by atoms with Crippen LogP contribution in [-0.4, -0.2) is 35.4 Å². The Bertz CT molecular complexity index is 981. The molecule has 1 aromatic heterocycles. The van der Waals surface area contributed by atoms with E-state index in [1.807, 2.05) is 6.07 Å². The molecule has 1 fully saturated rings. The second-order valence-corrected chi connectivity index (χ2v) is 7.74. The molecule has 2 aliphatic rings. The number of ether oxygens (including phenoxy) is 2. The largest absolute Gasteiger partial charge is 0.454 e. The monoisotopic (exact) mass is 377 g/mol. The molecule has 5 heteroatoms. The van der Waals surface area contributed by atoms with Crippen molar-refractivity contribution in [2.45, 2.75) is 38.9 Å². The molecule has 0 bridgehead atoms. The van der Waals surface area contributed by atoms with Crippen LogP contribution in [0.15, 0.2) is 48.7 Å². The van der Waals surface area contributed by atoms with E-state index in [0.29, 0.717) is 12.8 Å². The molecule has 0 unspecified atom stereocenters. The maximum Gasteiger partial charge on any atom is 0.231 e. The van der Waals surface area contributed by atoms with E-state index in [4.69, 9.17) is 9.47 Å². The zero-order valence-corrected chi connectivity index (χ0v) is 16.4. The third-order valence-corrected chi connectivity index (χ3v) is 5.85. The Morgan fingerprint density at radius 3 is 2.93 bits per heavy atom. The van der Waals surface area contributed by atoms with E-state index in [2.05, 4.69) is 64.3 Å². The number of rotatable bonds is 5. The Hall–Kier alpha value is -2.66. The van der Waals surface area contributed by atoms with Gasteiger partial charge in [0.05, 0.1) is 0 Å². The molecule has 1 atom stereocenters. The van der Waals surface area contributed by atoms with Gasteiger partial charge in [0.15, 0.2) is 11.5 Å². The topological polar surface area (TPSA) is 38.7 Å². The third kappa shape index (κ3) is 3.31. The van der Waals surface area contributed by atoms with Gasteiger partial charge in [-0.05, 0) is 50.1 Å². The van der Waals surface area contributed by atoms with Crippen LogP contribution in [0.25, 0.3) is 10.9 Å². The van der Waals surface area contributed by atoms with Gasteiger partial charge in [-0.25, -0.2) is 0 Å². The van der Waals surface area contributed by atoms with Crippen molar-refractivity contribution in [3.05, 3.63) is 54.2 Å². The molecule has 28 heavy (non-hydrogen) atoms. The van der Waals surface area contributed by atoms with E-state index in [9.17, 15) is 0 Å². The van der Waals surface area contributed by atoms with Gasteiger partial charge in [-0.2, -0.15) is 0 Å². The number of benzene rings is 2. The van der Waals surface area contributed by atoms with Gasteiger partial charge in [-0.3, -0.25) is 4.90 Å². The van der Waals surface area contributed by atoms with Crippen LogP contribution in [0.2, 0.25) is 0 Å². The standard InChI is InChI=1S/C23H27N3O2/c1-2-26-14-17(20-7-3-4-8-21(20)26)13-25-11-5-6-19(15-25)24-18-9-10-22-23(12-18)28-16-27-22/h3-4,7-10,12,14,19,24H,2,5-6,11,13,15-16H2,1H3/t19-/m0/s1. The van der Waals surface area contributed by atoms with E-state index < -0.39 is 0 Å². The maximum absolute atomic E-state index is 5.51. The second-order valence-electron chi connectivity index (χ2n) is 7.74. The molecule has 0 spiro atoms. The Morgan fingerprint density at radius 1 is 1.11 bits per heavy atom. The molecule has 2 aliphatic heterocycles. The number of anilines is 1. The number of piperidine rings is 1. The molecule has 1 N–H and O–H groups in total. The van der Waals surface area contributed by atoms with Gasteiger partial charge < -0.3 is 19.4 Å². The molecule has 2 aromatic carbocycles. The van der Waals surface area contributed by atoms with Crippen molar-refractivity contribution in [2.75, 3.05) is 25.2 Å².